The van der Waals surface area contributed by atoms with E-state index in [-0.39, 0.29) is 34.5 Å². The van der Waals surface area contributed by atoms with E-state index in [0.29, 0.717) is 12.8 Å². The van der Waals surface area contributed by atoms with E-state index in [0.717, 1.165) is 16.2 Å². The molecule has 1 nitrogen and oxygen atoms in total. The number of hydrogen-bond donors (Lipinski definition) is 0. The molecule has 2 rings (SSSR count). The third kappa shape index (κ3) is 4.95. The van der Waals surface area contributed by atoms with Gasteiger partial charge in [0.1, 0.15) is 11.6 Å². The first-order valence-electron chi connectivity index (χ1n) is 8.71. The molecule has 0 bridgehead atoms. The lowest BCUT2D eigenvalue weighted by Gasteiger charge is -2.32. The third-order valence-electron chi connectivity index (χ3n) is 4.98. The van der Waals surface area contributed by atoms with Gasteiger partial charge in [-0.1, -0.05) is 56.1 Å². The van der Waals surface area contributed by atoms with Crippen LogP contribution in [0.25, 0.3) is 0 Å². The molecule has 0 aromatic heterocycles. The van der Waals surface area contributed by atoms with Gasteiger partial charge in [0, 0.05) is 11.5 Å². The van der Waals surface area contributed by atoms with Crippen LogP contribution in [0.4, 0.5) is 4.39 Å². The molecule has 4 heteroatoms. The molecule has 136 valence electrons. The molecule has 0 amide bonds. The highest BCUT2D eigenvalue weighted by molar-refractivity contribution is 6.30. The molecule has 1 aromatic carbocycles. The fourth-order valence-electron chi connectivity index (χ4n) is 3.66. The second kappa shape index (κ2) is 8.51. The van der Waals surface area contributed by atoms with Crippen molar-refractivity contribution in [2.45, 2.75) is 46.5 Å². The van der Waals surface area contributed by atoms with Crippen molar-refractivity contribution in [3.8, 4) is 0 Å². The lowest BCUT2D eigenvalue weighted by atomic mass is 9.74. The van der Waals surface area contributed by atoms with Gasteiger partial charge >= 0.3 is 0 Å². The highest BCUT2D eigenvalue weighted by Gasteiger charge is 2.30. The standard InChI is InChI=1S/C21H25Cl2FO/c1-12(2)18-11-20(23)21(24)10-16(18)9-15(8-13(3)25)17-6-5-7-19(22)14(17)4/h5-7,10-12,14-15,17H,8-9H2,1-4H3. The number of halogens is 3. The zero-order chi connectivity index (χ0) is 18.7. The van der Waals surface area contributed by atoms with Gasteiger partial charge in [0.05, 0.1) is 5.02 Å². The molecule has 3 atom stereocenters. The van der Waals surface area contributed by atoms with Crippen LogP contribution in [-0.2, 0) is 11.2 Å². The van der Waals surface area contributed by atoms with Crippen molar-refractivity contribution in [1.29, 1.82) is 0 Å². The molecular weight excluding hydrogens is 358 g/mol. The molecule has 0 saturated carbocycles. The Hall–Kier alpha value is -1.12. The fourth-order valence-corrected chi connectivity index (χ4v) is 4.05. The molecule has 1 aliphatic rings. The quantitative estimate of drug-likeness (QED) is 0.535. The first kappa shape index (κ1) is 20.2. The lowest BCUT2D eigenvalue weighted by Crippen LogP contribution is -2.26. The fraction of sp³-hybridized carbons (Fsp3) is 0.476. The molecule has 0 saturated heterocycles. The van der Waals surface area contributed by atoms with Crippen LogP contribution in [-0.4, -0.2) is 5.78 Å². The van der Waals surface area contributed by atoms with E-state index >= 15 is 0 Å². The normalized spacial score (nSPS) is 21.4. The molecule has 1 aliphatic carbocycles. The van der Waals surface area contributed by atoms with Crippen molar-refractivity contribution < 1.29 is 9.18 Å². The summed E-state index contributed by atoms with van der Waals surface area (Å²) >= 11 is 12.3. The van der Waals surface area contributed by atoms with Gasteiger partial charge in [-0.15, -0.1) is 0 Å². The molecule has 0 fully saturated rings. The number of rotatable bonds is 6. The van der Waals surface area contributed by atoms with Crippen molar-refractivity contribution in [3.63, 3.8) is 0 Å². The van der Waals surface area contributed by atoms with Crippen LogP contribution in [0, 0.1) is 23.6 Å². The Labute approximate surface area is 159 Å². The van der Waals surface area contributed by atoms with Crippen molar-refractivity contribution >= 4 is 29.0 Å². The van der Waals surface area contributed by atoms with Crippen LogP contribution >= 0.6 is 23.2 Å². The topological polar surface area (TPSA) is 17.1 Å². The number of ketones is 1. The van der Waals surface area contributed by atoms with E-state index in [9.17, 15) is 9.18 Å². The summed E-state index contributed by atoms with van der Waals surface area (Å²) in [5, 5.41) is 0.944. The molecular formula is C21H25Cl2FO. The Morgan fingerprint density at radius 2 is 1.96 bits per heavy atom. The number of Topliss-reactive ketones (excluding diaryl/α,β-unsaturated/α-hetero) is 1. The Morgan fingerprint density at radius 3 is 2.56 bits per heavy atom. The summed E-state index contributed by atoms with van der Waals surface area (Å²) in [6.07, 6.45) is 7.04. The zero-order valence-corrected chi connectivity index (χ0v) is 16.7. The Morgan fingerprint density at radius 1 is 1.28 bits per heavy atom. The Kier molecular flexibility index (Phi) is 6.87. The maximum atomic E-state index is 14.1. The van der Waals surface area contributed by atoms with Gasteiger partial charge in [0.2, 0.25) is 0 Å². The molecule has 0 aliphatic heterocycles. The maximum Gasteiger partial charge on any atom is 0.142 e. The van der Waals surface area contributed by atoms with Gasteiger partial charge in [-0.05, 0) is 66.4 Å². The average Bonchev–Trinajstić information content (AvgIpc) is 2.52. The van der Waals surface area contributed by atoms with Gasteiger partial charge < -0.3 is 4.79 Å². The molecule has 0 spiro atoms. The summed E-state index contributed by atoms with van der Waals surface area (Å²) < 4.78 is 14.1. The van der Waals surface area contributed by atoms with Crippen LogP contribution in [0.2, 0.25) is 5.02 Å². The molecule has 25 heavy (non-hydrogen) atoms. The van der Waals surface area contributed by atoms with Crippen molar-refractivity contribution in [1.82, 2.24) is 0 Å². The summed E-state index contributed by atoms with van der Waals surface area (Å²) in [5.41, 5.74) is 1.96. The molecule has 0 heterocycles. The van der Waals surface area contributed by atoms with Gasteiger partial charge in [-0.3, -0.25) is 0 Å². The Balaban J connectivity index is 2.38. The monoisotopic (exact) mass is 382 g/mol. The Bertz CT molecular complexity index is 706. The first-order chi connectivity index (χ1) is 11.7. The average molecular weight is 383 g/mol. The number of carbonyl (C=O) groups is 1. The highest BCUT2D eigenvalue weighted by atomic mass is 35.5. The summed E-state index contributed by atoms with van der Waals surface area (Å²) in [4.78, 5) is 11.8. The van der Waals surface area contributed by atoms with E-state index in [1.807, 2.05) is 12.2 Å². The van der Waals surface area contributed by atoms with Gasteiger partial charge in [-0.25, -0.2) is 4.39 Å². The smallest absolute Gasteiger partial charge is 0.142 e. The lowest BCUT2D eigenvalue weighted by molar-refractivity contribution is -0.118. The van der Waals surface area contributed by atoms with Crippen molar-refractivity contribution in [2.24, 2.45) is 17.8 Å². The van der Waals surface area contributed by atoms with E-state index in [1.165, 1.54) is 6.07 Å². The second-order valence-corrected chi connectivity index (χ2v) is 8.14. The van der Waals surface area contributed by atoms with Crippen LogP contribution in [0.3, 0.4) is 0 Å². The molecule has 0 N–H and O–H groups in total. The predicted octanol–water partition coefficient (Wildman–Crippen LogP) is 6.69. The van der Waals surface area contributed by atoms with Crippen LogP contribution in [0.1, 0.15) is 51.2 Å². The second-order valence-electron chi connectivity index (χ2n) is 7.29. The first-order valence-corrected chi connectivity index (χ1v) is 9.47. The van der Waals surface area contributed by atoms with E-state index in [1.54, 1.807) is 13.0 Å². The van der Waals surface area contributed by atoms with Gasteiger partial charge in [-0.2, -0.15) is 0 Å². The van der Waals surface area contributed by atoms with Crippen molar-refractivity contribution in [2.75, 3.05) is 0 Å². The minimum atomic E-state index is -0.409. The minimum absolute atomic E-state index is 0.0734. The summed E-state index contributed by atoms with van der Waals surface area (Å²) in [6, 6.07) is 3.24. The number of allylic oxidation sites excluding steroid dienone is 4. The highest BCUT2D eigenvalue weighted by Crippen LogP contribution is 2.38. The summed E-state index contributed by atoms with van der Waals surface area (Å²) in [6.45, 7) is 7.81. The maximum absolute atomic E-state index is 14.1. The zero-order valence-electron chi connectivity index (χ0n) is 15.2. The largest absolute Gasteiger partial charge is 0.300 e. The molecule has 0 radical (unpaired) electrons. The van der Waals surface area contributed by atoms with Crippen LogP contribution < -0.4 is 0 Å². The summed E-state index contributed by atoms with van der Waals surface area (Å²) in [5.74, 6) is 0.332. The van der Waals surface area contributed by atoms with Gasteiger partial charge in [0.15, 0.2) is 0 Å². The third-order valence-corrected chi connectivity index (χ3v) is 5.74. The number of hydrogen-bond acceptors (Lipinski definition) is 1. The van der Waals surface area contributed by atoms with Gasteiger partial charge in [0.25, 0.3) is 0 Å². The van der Waals surface area contributed by atoms with E-state index in [4.69, 9.17) is 23.2 Å². The molecule has 3 unspecified atom stereocenters. The molecule has 1 aromatic rings. The van der Waals surface area contributed by atoms with Crippen LogP contribution in [0.15, 0.2) is 35.4 Å². The summed E-state index contributed by atoms with van der Waals surface area (Å²) in [7, 11) is 0. The minimum Gasteiger partial charge on any atom is -0.300 e. The van der Waals surface area contributed by atoms with Crippen LogP contribution in [0.5, 0.6) is 0 Å². The van der Waals surface area contributed by atoms with E-state index in [2.05, 4.69) is 26.8 Å². The SMILES string of the molecule is CC(=O)CC(Cc1cc(F)c(Cl)cc1C(C)C)C1C=CC=C(Cl)C1C. The number of benzene rings is 1. The number of carbonyl (C=O) groups excluding carboxylic acids is 1. The van der Waals surface area contributed by atoms with Crippen molar-refractivity contribution in [3.05, 3.63) is 57.4 Å². The predicted molar refractivity (Wildman–Crippen MR) is 104 cm³/mol. The van der Waals surface area contributed by atoms with E-state index < -0.39 is 5.82 Å².